The van der Waals surface area contributed by atoms with E-state index in [1.54, 1.807) is 11.0 Å². The van der Waals surface area contributed by atoms with E-state index >= 15 is 0 Å². The van der Waals surface area contributed by atoms with Crippen LogP contribution in [0.2, 0.25) is 0 Å². The molecule has 0 fully saturated rings. The maximum atomic E-state index is 4.26. The Morgan fingerprint density at radius 1 is 1.29 bits per heavy atom. The first-order chi connectivity index (χ1) is 8.24. The number of aryl methyl sites for hydroxylation is 2. The second kappa shape index (κ2) is 3.55. The minimum absolute atomic E-state index is 0.643. The van der Waals surface area contributed by atoms with Crippen LogP contribution in [0.25, 0.3) is 11.2 Å². The van der Waals surface area contributed by atoms with Gasteiger partial charge >= 0.3 is 0 Å². The number of nitrogens with zero attached hydrogens (tertiary/aromatic N) is 5. The Balaban J connectivity index is 2.05. The first-order valence-corrected chi connectivity index (χ1v) is 5.15. The molecular weight excluding hydrogens is 218 g/mol. The van der Waals surface area contributed by atoms with Crippen molar-refractivity contribution in [3.63, 3.8) is 0 Å². The van der Waals surface area contributed by atoms with Crippen molar-refractivity contribution in [2.24, 2.45) is 7.05 Å². The molecule has 7 heteroatoms. The van der Waals surface area contributed by atoms with E-state index in [1.807, 2.05) is 20.2 Å². The van der Waals surface area contributed by atoms with Crippen molar-refractivity contribution in [1.82, 2.24) is 29.7 Å². The van der Waals surface area contributed by atoms with Crippen LogP contribution in [-0.2, 0) is 7.05 Å². The highest BCUT2D eigenvalue weighted by Crippen LogP contribution is 2.21. The van der Waals surface area contributed by atoms with E-state index in [0.717, 1.165) is 16.9 Å². The van der Waals surface area contributed by atoms with Gasteiger partial charge in [-0.15, -0.1) is 0 Å². The molecule has 0 saturated heterocycles. The molecule has 0 radical (unpaired) electrons. The molecule has 86 valence electrons. The third kappa shape index (κ3) is 1.61. The van der Waals surface area contributed by atoms with E-state index in [9.17, 15) is 0 Å². The minimum Gasteiger partial charge on any atom is -0.340 e. The summed E-state index contributed by atoms with van der Waals surface area (Å²) in [5.74, 6) is 0.698. The molecule has 3 rings (SSSR count). The Kier molecular flexibility index (Phi) is 2.04. The summed E-state index contributed by atoms with van der Waals surface area (Å²) in [7, 11) is 1.88. The summed E-state index contributed by atoms with van der Waals surface area (Å²) in [5, 5.41) is 7.48. The van der Waals surface area contributed by atoms with Gasteiger partial charge in [0.15, 0.2) is 11.5 Å². The average molecular weight is 229 g/mol. The average Bonchev–Trinajstić information content (AvgIpc) is 2.87. The summed E-state index contributed by atoms with van der Waals surface area (Å²) in [6.07, 6.45) is 4.98. The van der Waals surface area contributed by atoms with Gasteiger partial charge in [-0.2, -0.15) is 5.10 Å². The maximum absolute atomic E-state index is 4.26. The van der Waals surface area contributed by atoms with E-state index in [-0.39, 0.29) is 0 Å². The van der Waals surface area contributed by atoms with Gasteiger partial charge in [0.2, 0.25) is 0 Å². The van der Waals surface area contributed by atoms with Crippen LogP contribution in [0.1, 0.15) is 5.69 Å². The highest BCUT2D eigenvalue weighted by molar-refractivity contribution is 5.84. The van der Waals surface area contributed by atoms with Gasteiger partial charge in [0, 0.05) is 13.2 Å². The topological polar surface area (TPSA) is 84.3 Å². The Bertz CT molecular complexity index is 666. The van der Waals surface area contributed by atoms with Gasteiger partial charge in [-0.3, -0.25) is 4.68 Å². The van der Waals surface area contributed by atoms with Crippen molar-refractivity contribution >= 4 is 22.7 Å². The van der Waals surface area contributed by atoms with E-state index in [0.29, 0.717) is 11.5 Å². The van der Waals surface area contributed by atoms with E-state index in [4.69, 9.17) is 0 Å². The van der Waals surface area contributed by atoms with Crippen molar-refractivity contribution in [3.8, 4) is 0 Å². The number of rotatable bonds is 2. The number of aromatic nitrogens is 6. The molecule has 0 spiro atoms. The molecule has 3 aromatic heterocycles. The second-order valence-corrected chi connectivity index (χ2v) is 3.75. The van der Waals surface area contributed by atoms with Crippen molar-refractivity contribution < 1.29 is 0 Å². The molecule has 0 aliphatic heterocycles. The Morgan fingerprint density at radius 3 is 2.94 bits per heavy atom. The van der Waals surface area contributed by atoms with Crippen LogP contribution in [0.5, 0.6) is 0 Å². The molecule has 17 heavy (non-hydrogen) atoms. The molecular formula is C10H11N7. The molecule has 0 amide bonds. The summed E-state index contributed by atoms with van der Waals surface area (Å²) in [6, 6.07) is 0. The highest BCUT2D eigenvalue weighted by Gasteiger charge is 2.08. The van der Waals surface area contributed by atoms with Crippen LogP contribution in [0, 0.1) is 6.92 Å². The SMILES string of the molecule is Cc1nn(C)cc1Nc1ncnc2nc[nH]c12. The second-order valence-electron chi connectivity index (χ2n) is 3.75. The number of nitrogens with one attached hydrogen (secondary N) is 2. The van der Waals surface area contributed by atoms with Crippen LogP contribution >= 0.6 is 0 Å². The molecule has 0 aromatic carbocycles. The molecule has 3 heterocycles. The molecule has 0 aliphatic carbocycles. The van der Waals surface area contributed by atoms with E-state index in [2.05, 4.69) is 30.4 Å². The zero-order valence-corrected chi connectivity index (χ0v) is 9.47. The maximum Gasteiger partial charge on any atom is 0.182 e. The smallest absolute Gasteiger partial charge is 0.182 e. The molecule has 0 unspecified atom stereocenters. The number of hydrogen-bond donors (Lipinski definition) is 2. The van der Waals surface area contributed by atoms with E-state index in [1.165, 1.54) is 6.33 Å². The van der Waals surface area contributed by atoms with E-state index < -0.39 is 0 Å². The fourth-order valence-electron chi connectivity index (χ4n) is 1.71. The fourth-order valence-corrected chi connectivity index (χ4v) is 1.71. The van der Waals surface area contributed by atoms with Crippen LogP contribution in [0.3, 0.4) is 0 Å². The Morgan fingerprint density at radius 2 is 2.18 bits per heavy atom. The third-order valence-corrected chi connectivity index (χ3v) is 2.49. The Labute approximate surface area is 96.9 Å². The predicted molar refractivity (Wildman–Crippen MR) is 62.9 cm³/mol. The predicted octanol–water partition coefficient (Wildman–Crippen LogP) is 1.14. The number of anilines is 2. The van der Waals surface area contributed by atoms with Crippen LogP contribution in [-0.4, -0.2) is 29.7 Å². The van der Waals surface area contributed by atoms with Crippen molar-refractivity contribution in [3.05, 3.63) is 24.5 Å². The molecule has 0 saturated carbocycles. The number of H-pyrrole nitrogens is 1. The first-order valence-electron chi connectivity index (χ1n) is 5.15. The van der Waals surface area contributed by atoms with Crippen molar-refractivity contribution in [2.75, 3.05) is 5.32 Å². The minimum atomic E-state index is 0.643. The summed E-state index contributed by atoms with van der Waals surface area (Å²) < 4.78 is 1.75. The molecule has 7 nitrogen and oxygen atoms in total. The van der Waals surface area contributed by atoms with Gasteiger partial charge in [0.05, 0.1) is 17.7 Å². The van der Waals surface area contributed by atoms with Gasteiger partial charge < -0.3 is 10.3 Å². The monoisotopic (exact) mass is 229 g/mol. The van der Waals surface area contributed by atoms with Gasteiger partial charge in [-0.05, 0) is 6.92 Å². The molecule has 2 N–H and O–H groups in total. The summed E-state index contributed by atoms with van der Waals surface area (Å²) in [5.41, 5.74) is 3.26. The fraction of sp³-hybridized carbons (Fsp3) is 0.200. The lowest BCUT2D eigenvalue weighted by molar-refractivity contribution is 0.756. The number of hydrogen-bond acceptors (Lipinski definition) is 5. The number of fused-ring (bicyclic) bond motifs is 1. The van der Waals surface area contributed by atoms with Crippen LogP contribution in [0.15, 0.2) is 18.9 Å². The van der Waals surface area contributed by atoms with Gasteiger partial charge in [0.1, 0.15) is 11.8 Å². The lowest BCUT2D eigenvalue weighted by Crippen LogP contribution is -1.96. The zero-order chi connectivity index (χ0) is 11.8. The molecule has 0 aliphatic rings. The zero-order valence-electron chi connectivity index (χ0n) is 9.47. The van der Waals surface area contributed by atoms with Crippen molar-refractivity contribution in [1.29, 1.82) is 0 Å². The normalized spacial score (nSPS) is 10.9. The summed E-state index contributed by atoms with van der Waals surface area (Å²) in [4.78, 5) is 15.3. The lowest BCUT2D eigenvalue weighted by Gasteiger charge is -2.03. The summed E-state index contributed by atoms with van der Waals surface area (Å²) >= 11 is 0. The molecule has 0 bridgehead atoms. The number of imidazole rings is 1. The molecule has 3 aromatic rings. The highest BCUT2D eigenvalue weighted by atomic mass is 15.3. The summed E-state index contributed by atoms with van der Waals surface area (Å²) in [6.45, 7) is 1.94. The number of aromatic amines is 1. The Hall–Kier alpha value is -2.44. The third-order valence-electron chi connectivity index (χ3n) is 2.49. The molecule has 0 atom stereocenters. The first kappa shape index (κ1) is 9.76. The van der Waals surface area contributed by atoms with Gasteiger partial charge in [-0.25, -0.2) is 15.0 Å². The van der Waals surface area contributed by atoms with Crippen LogP contribution in [0.4, 0.5) is 11.5 Å². The largest absolute Gasteiger partial charge is 0.340 e. The van der Waals surface area contributed by atoms with Crippen LogP contribution < -0.4 is 5.32 Å². The quantitative estimate of drug-likeness (QED) is 0.688. The van der Waals surface area contributed by atoms with Gasteiger partial charge in [-0.1, -0.05) is 0 Å². The lowest BCUT2D eigenvalue weighted by atomic mass is 10.4. The van der Waals surface area contributed by atoms with Gasteiger partial charge in [0.25, 0.3) is 0 Å². The van der Waals surface area contributed by atoms with Crippen molar-refractivity contribution in [2.45, 2.75) is 6.92 Å². The standard InChI is InChI=1S/C10H11N7/c1-6-7(3-17(2)16-6)15-10-8-9(12-4-11-8)13-5-14-10/h3-5H,1-2H3,(H2,11,12,13,14,15).